The molecule has 1 amide bonds. The molecule has 0 saturated carbocycles. The molecule has 0 bridgehead atoms. The number of carbonyl (C=O) groups is 2. The van der Waals surface area contributed by atoms with Gasteiger partial charge in [-0.2, -0.15) is 4.99 Å². The first-order chi connectivity index (χ1) is 12.9. The van der Waals surface area contributed by atoms with Crippen LogP contribution in [0, 0.1) is 5.41 Å². The normalized spacial score (nSPS) is 17.8. The first-order valence-electron chi connectivity index (χ1n) is 7.93. The summed E-state index contributed by atoms with van der Waals surface area (Å²) in [6.07, 6.45) is 3.22. The van der Waals surface area contributed by atoms with Crippen LogP contribution in [0.1, 0.15) is 23.0 Å². The monoisotopic (exact) mass is 378 g/mol. The molecule has 2 aliphatic rings. The maximum absolute atomic E-state index is 12.3. The third-order valence-electron chi connectivity index (χ3n) is 3.99. The molecule has 0 aliphatic carbocycles. The molecule has 8 heteroatoms. The molecule has 0 radical (unpaired) electrons. The van der Waals surface area contributed by atoms with E-state index in [0.29, 0.717) is 22.3 Å². The lowest BCUT2D eigenvalue weighted by molar-refractivity contribution is -0.255. The zero-order valence-corrected chi connectivity index (χ0v) is 14.9. The molecule has 2 aromatic rings. The molecule has 0 fully saturated rings. The van der Waals surface area contributed by atoms with E-state index in [2.05, 4.69) is 4.99 Å². The molecule has 134 valence electrons. The number of benzene rings is 1. The first kappa shape index (κ1) is 17.0. The summed E-state index contributed by atoms with van der Waals surface area (Å²) in [5.74, 6) is -0.933. The number of aliphatic imine (C=N–C) groups is 1. The smallest absolute Gasteiger partial charge is 0.283 e. The Morgan fingerprint density at radius 3 is 2.93 bits per heavy atom. The van der Waals surface area contributed by atoms with E-state index in [-0.39, 0.29) is 17.0 Å². The summed E-state index contributed by atoms with van der Waals surface area (Å²) in [5.41, 5.74) is 0.736. The number of amidine groups is 2. The molecule has 1 aromatic carbocycles. The Morgan fingerprint density at radius 2 is 2.15 bits per heavy atom. The minimum Gasteiger partial charge on any atom is -0.545 e. The number of furan rings is 1. The summed E-state index contributed by atoms with van der Waals surface area (Å²) in [6.45, 7) is 1.88. The molecule has 27 heavy (non-hydrogen) atoms. The molecule has 4 rings (SSSR count). The van der Waals surface area contributed by atoms with Gasteiger partial charge in [0, 0.05) is 16.7 Å². The molecule has 0 saturated heterocycles. The van der Waals surface area contributed by atoms with Crippen molar-refractivity contribution in [2.45, 2.75) is 6.92 Å². The Labute approximate surface area is 158 Å². The van der Waals surface area contributed by atoms with Gasteiger partial charge in [0.1, 0.15) is 17.4 Å². The van der Waals surface area contributed by atoms with Gasteiger partial charge in [0.15, 0.2) is 5.17 Å². The third-order valence-corrected chi connectivity index (χ3v) is 4.89. The van der Waals surface area contributed by atoms with Gasteiger partial charge in [0.2, 0.25) is 0 Å². The largest absolute Gasteiger partial charge is 0.545 e. The summed E-state index contributed by atoms with van der Waals surface area (Å²) in [5, 5.41) is 19.7. The number of rotatable bonds is 3. The van der Waals surface area contributed by atoms with Crippen LogP contribution in [0.15, 0.2) is 62.5 Å². The number of hydrogen-bond acceptors (Lipinski definition) is 6. The second-order valence-electron chi connectivity index (χ2n) is 5.89. The fourth-order valence-corrected chi connectivity index (χ4v) is 3.55. The lowest BCUT2D eigenvalue weighted by Crippen LogP contribution is -2.35. The Balaban J connectivity index is 1.66. The SMILES string of the molecule is CC1=CN2C(=N)/C(=C/c3ccc(-c4cccc(C(=O)[O-])c4)o3)C(=O)N=C2S1. The highest BCUT2D eigenvalue weighted by atomic mass is 32.2. The van der Waals surface area contributed by atoms with Gasteiger partial charge in [-0.3, -0.25) is 15.1 Å². The molecule has 3 heterocycles. The van der Waals surface area contributed by atoms with Gasteiger partial charge >= 0.3 is 0 Å². The number of hydrogen-bond donors (Lipinski definition) is 1. The molecule has 0 unspecified atom stereocenters. The van der Waals surface area contributed by atoms with Gasteiger partial charge in [0.25, 0.3) is 5.91 Å². The van der Waals surface area contributed by atoms with Crippen LogP contribution >= 0.6 is 11.8 Å². The van der Waals surface area contributed by atoms with Crippen molar-refractivity contribution in [3.05, 3.63) is 64.4 Å². The van der Waals surface area contributed by atoms with Gasteiger partial charge in [-0.1, -0.05) is 30.0 Å². The van der Waals surface area contributed by atoms with Gasteiger partial charge < -0.3 is 14.3 Å². The molecule has 1 aromatic heterocycles. The van der Waals surface area contributed by atoms with Crippen LogP contribution in [-0.2, 0) is 4.79 Å². The van der Waals surface area contributed by atoms with E-state index in [4.69, 9.17) is 9.83 Å². The highest BCUT2D eigenvalue weighted by Gasteiger charge is 2.33. The van der Waals surface area contributed by atoms with E-state index >= 15 is 0 Å². The van der Waals surface area contributed by atoms with Crippen molar-refractivity contribution in [3.63, 3.8) is 0 Å². The Morgan fingerprint density at radius 1 is 1.33 bits per heavy atom. The Kier molecular flexibility index (Phi) is 4.04. The number of allylic oxidation sites excluding steroid dienone is 1. The number of thioether (sulfide) groups is 1. The molecule has 1 N–H and O–H groups in total. The fraction of sp³-hybridized carbons (Fsp3) is 0.0526. The maximum atomic E-state index is 12.3. The number of amides is 1. The number of carboxylic acid groups (broad SMARTS) is 1. The average molecular weight is 378 g/mol. The zero-order chi connectivity index (χ0) is 19.1. The second kappa shape index (κ2) is 6.40. The van der Waals surface area contributed by atoms with Crippen LogP contribution < -0.4 is 5.11 Å². The van der Waals surface area contributed by atoms with Crippen molar-refractivity contribution < 1.29 is 19.1 Å². The van der Waals surface area contributed by atoms with Crippen LogP contribution in [-0.4, -0.2) is 27.8 Å². The molecule has 2 aliphatic heterocycles. The summed E-state index contributed by atoms with van der Waals surface area (Å²) in [4.78, 5) is 29.8. The first-order valence-corrected chi connectivity index (χ1v) is 8.75. The standard InChI is InChI=1S/C19H13N3O4S/c1-10-9-22-16(20)14(17(23)21-19(22)27-10)8-13-5-6-15(26-13)11-3-2-4-12(7-11)18(24)25/h2-9,20H,1H3,(H,24,25)/p-1/b14-8-,20-16?. The van der Waals surface area contributed by atoms with E-state index in [1.807, 2.05) is 6.92 Å². The number of fused-ring (bicyclic) bond motifs is 1. The summed E-state index contributed by atoms with van der Waals surface area (Å²) >= 11 is 1.34. The van der Waals surface area contributed by atoms with Crippen molar-refractivity contribution in [1.29, 1.82) is 5.41 Å². The predicted molar refractivity (Wildman–Crippen MR) is 99.8 cm³/mol. The highest BCUT2D eigenvalue weighted by molar-refractivity contribution is 8.17. The average Bonchev–Trinajstić information content (AvgIpc) is 3.25. The van der Waals surface area contributed by atoms with Gasteiger partial charge in [0.05, 0.1) is 11.5 Å². The Hall–Kier alpha value is -3.39. The molecule has 7 nitrogen and oxygen atoms in total. The van der Waals surface area contributed by atoms with E-state index < -0.39 is 11.9 Å². The number of nitrogens with one attached hydrogen (secondary N) is 1. The molecule has 0 spiro atoms. The van der Waals surface area contributed by atoms with E-state index in [0.717, 1.165) is 4.91 Å². The van der Waals surface area contributed by atoms with E-state index in [9.17, 15) is 14.7 Å². The third kappa shape index (κ3) is 3.11. The predicted octanol–water partition coefficient (Wildman–Crippen LogP) is 2.48. The molecular formula is C19H12N3O4S-. The molecule has 0 atom stereocenters. The second-order valence-corrected chi connectivity index (χ2v) is 7.10. The number of carboxylic acids is 1. The molecular weight excluding hydrogens is 366 g/mol. The minimum atomic E-state index is -1.27. The zero-order valence-electron chi connectivity index (χ0n) is 14.1. The van der Waals surface area contributed by atoms with Crippen LogP contribution in [0.3, 0.4) is 0 Å². The van der Waals surface area contributed by atoms with Crippen LogP contribution in [0.5, 0.6) is 0 Å². The number of aromatic carboxylic acids is 1. The lowest BCUT2D eigenvalue weighted by atomic mass is 10.1. The quantitative estimate of drug-likeness (QED) is 0.822. The Bertz CT molecular complexity index is 1090. The van der Waals surface area contributed by atoms with E-state index in [1.54, 1.807) is 35.4 Å². The summed E-state index contributed by atoms with van der Waals surface area (Å²) in [7, 11) is 0. The van der Waals surface area contributed by atoms with Gasteiger partial charge in [-0.15, -0.1) is 0 Å². The van der Waals surface area contributed by atoms with Crippen molar-refractivity contribution in [3.8, 4) is 11.3 Å². The maximum Gasteiger partial charge on any atom is 0.283 e. The van der Waals surface area contributed by atoms with Gasteiger partial charge in [-0.25, -0.2) is 0 Å². The lowest BCUT2D eigenvalue weighted by Gasteiger charge is -2.21. The highest BCUT2D eigenvalue weighted by Crippen LogP contribution is 2.33. The number of nitrogens with zero attached hydrogens (tertiary/aromatic N) is 2. The topological polar surface area (TPSA) is 110 Å². The summed E-state index contributed by atoms with van der Waals surface area (Å²) < 4.78 is 5.71. The van der Waals surface area contributed by atoms with Gasteiger partial charge in [-0.05, 0) is 36.8 Å². The fourth-order valence-electron chi connectivity index (χ4n) is 2.73. The van der Waals surface area contributed by atoms with Crippen LogP contribution in [0.25, 0.3) is 17.4 Å². The van der Waals surface area contributed by atoms with Crippen molar-refractivity contribution in [1.82, 2.24) is 4.90 Å². The van der Waals surface area contributed by atoms with E-state index in [1.165, 1.54) is 30.0 Å². The van der Waals surface area contributed by atoms with Crippen LogP contribution in [0.4, 0.5) is 0 Å². The van der Waals surface area contributed by atoms with Crippen molar-refractivity contribution in [2.24, 2.45) is 4.99 Å². The number of carbonyl (C=O) groups excluding carboxylic acids is 2. The van der Waals surface area contributed by atoms with Crippen molar-refractivity contribution in [2.75, 3.05) is 0 Å². The van der Waals surface area contributed by atoms with Crippen molar-refractivity contribution >= 4 is 40.7 Å². The summed E-state index contributed by atoms with van der Waals surface area (Å²) in [6, 6.07) is 9.51. The minimum absolute atomic E-state index is 0.0336. The van der Waals surface area contributed by atoms with Crippen LogP contribution in [0.2, 0.25) is 0 Å².